The van der Waals surface area contributed by atoms with Gasteiger partial charge in [0.2, 0.25) is 10.0 Å². The van der Waals surface area contributed by atoms with Crippen molar-refractivity contribution < 1.29 is 8.42 Å². The van der Waals surface area contributed by atoms with Crippen molar-refractivity contribution in [1.29, 1.82) is 5.26 Å². The molecule has 0 unspecified atom stereocenters. The second-order valence-corrected chi connectivity index (χ2v) is 4.74. The Morgan fingerprint density at radius 1 is 1.56 bits per heavy atom. The monoisotopic (exact) mass is 237 g/mol. The average Bonchev–Trinajstić information content (AvgIpc) is 2.25. The number of hydrogen-bond donors (Lipinski definition) is 2. The van der Waals surface area contributed by atoms with Crippen LogP contribution in [0, 0.1) is 11.3 Å². The quantitative estimate of drug-likeness (QED) is 0.592. The summed E-state index contributed by atoms with van der Waals surface area (Å²) in [5.41, 5.74) is 5.93. The zero-order valence-electron chi connectivity index (χ0n) is 8.47. The molecule has 0 spiro atoms. The Hall–Kier alpha value is -1.84. The molecule has 0 aliphatic rings. The summed E-state index contributed by atoms with van der Waals surface area (Å²) >= 11 is 0. The lowest BCUT2D eigenvalue weighted by atomic mass is 10.2. The van der Waals surface area contributed by atoms with E-state index in [4.69, 9.17) is 11.0 Å². The molecule has 1 aromatic rings. The van der Waals surface area contributed by atoms with E-state index in [1.807, 2.05) is 6.07 Å². The molecular weight excluding hydrogens is 226 g/mol. The van der Waals surface area contributed by atoms with Crippen LogP contribution in [-0.4, -0.2) is 15.0 Å². The molecule has 84 valence electrons. The number of nitriles is 1. The molecule has 0 saturated carbocycles. The van der Waals surface area contributed by atoms with Gasteiger partial charge >= 0.3 is 0 Å². The van der Waals surface area contributed by atoms with Crippen LogP contribution in [0.4, 0.5) is 5.69 Å². The van der Waals surface area contributed by atoms with Gasteiger partial charge in [-0.05, 0) is 18.2 Å². The van der Waals surface area contributed by atoms with Crippen LogP contribution in [0.25, 0.3) is 0 Å². The molecule has 0 aliphatic carbocycles. The van der Waals surface area contributed by atoms with Crippen molar-refractivity contribution in [1.82, 2.24) is 4.72 Å². The van der Waals surface area contributed by atoms with Gasteiger partial charge in [-0.2, -0.15) is 5.26 Å². The number of sulfonamides is 1. The highest BCUT2D eigenvalue weighted by Gasteiger charge is 2.16. The van der Waals surface area contributed by atoms with Crippen molar-refractivity contribution >= 4 is 15.7 Å². The maximum absolute atomic E-state index is 11.7. The molecule has 0 atom stereocenters. The summed E-state index contributed by atoms with van der Waals surface area (Å²) in [7, 11) is -3.63. The molecule has 16 heavy (non-hydrogen) atoms. The molecule has 0 aliphatic heterocycles. The van der Waals surface area contributed by atoms with Gasteiger partial charge in [-0.15, -0.1) is 6.58 Å². The molecular formula is C10H11N3O2S. The van der Waals surface area contributed by atoms with Gasteiger partial charge in [-0.3, -0.25) is 0 Å². The Morgan fingerprint density at radius 2 is 2.25 bits per heavy atom. The molecule has 0 bridgehead atoms. The summed E-state index contributed by atoms with van der Waals surface area (Å²) in [6, 6.07) is 5.91. The van der Waals surface area contributed by atoms with Gasteiger partial charge in [0.15, 0.2) is 0 Å². The lowest BCUT2D eigenvalue weighted by molar-refractivity contribution is 0.586. The zero-order valence-corrected chi connectivity index (χ0v) is 9.29. The predicted octanol–water partition coefficient (Wildman–Crippen LogP) is 0.605. The number of anilines is 1. The molecule has 0 aromatic heterocycles. The van der Waals surface area contributed by atoms with Crippen molar-refractivity contribution in [2.45, 2.75) is 4.90 Å². The Bertz CT molecular complexity index is 544. The minimum absolute atomic E-state index is 0.0339. The first-order chi connectivity index (χ1) is 7.51. The normalized spacial score (nSPS) is 10.7. The number of nitrogens with two attached hydrogens (primary N) is 1. The highest BCUT2D eigenvalue weighted by atomic mass is 32.2. The van der Waals surface area contributed by atoms with E-state index in [1.54, 1.807) is 0 Å². The maximum atomic E-state index is 11.7. The summed E-state index contributed by atoms with van der Waals surface area (Å²) in [6.07, 6.45) is 1.43. The minimum atomic E-state index is -3.63. The highest BCUT2D eigenvalue weighted by Crippen LogP contribution is 2.18. The first kappa shape index (κ1) is 12.2. The molecule has 3 N–H and O–H groups in total. The largest absolute Gasteiger partial charge is 0.398 e. The maximum Gasteiger partial charge on any atom is 0.242 e. The van der Waals surface area contributed by atoms with Crippen LogP contribution in [0.15, 0.2) is 35.7 Å². The van der Waals surface area contributed by atoms with Gasteiger partial charge in [-0.25, -0.2) is 13.1 Å². The molecule has 6 heteroatoms. The van der Waals surface area contributed by atoms with Crippen LogP contribution in [0.3, 0.4) is 0 Å². The van der Waals surface area contributed by atoms with Crippen LogP contribution in [0.2, 0.25) is 0 Å². The number of rotatable bonds is 4. The fourth-order valence-electron chi connectivity index (χ4n) is 1.11. The van der Waals surface area contributed by atoms with Crippen molar-refractivity contribution in [3.05, 3.63) is 36.4 Å². The fraction of sp³-hybridized carbons (Fsp3) is 0.100. The predicted molar refractivity (Wildman–Crippen MR) is 61.0 cm³/mol. The summed E-state index contributed by atoms with van der Waals surface area (Å²) < 4.78 is 25.7. The van der Waals surface area contributed by atoms with E-state index in [2.05, 4.69) is 11.3 Å². The third kappa shape index (κ3) is 2.59. The summed E-state index contributed by atoms with van der Waals surface area (Å²) in [6.45, 7) is 3.53. The summed E-state index contributed by atoms with van der Waals surface area (Å²) in [5, 5.41) is 8.61. The lowest BCUT2D eigenvalue weighted by Gasteiger charge is -2.07. The first-order valence-electron chi connectivity index (χ1n) is 4.41. The summed E-state index contributed by atoms with van der Waals surface area (Å²) in [5.74, 6) is 0. The number of nitrogens with zero attached hydrogens (tertiary/aromatic N) is 1. The smallest absolute Gasteiger partial charge is 0.242 e. The lowest BCUT2D eigenvalue weighted by Crippen LogP contribution is -2.24. The van der Waals surface area contributed by atoms with E-state index in [0.29, 0.717) is 5.56 Å². The van der Waals surface area contributed by atoms with E-state index in [0.717, 1.165) is 0 Å². The van der Waals surface area contributed by atoms with Gasteiger partial charge in [0.05, 0.1) is 17.3 Å². The molecule has 0 radical (unpaired) electrons. The molecule has 1 aromatic carbocycles. The van der Waals surface area contributed by atoms with Gasteiger partial charge in [0.25, 0.3) is 0 Å². The molecule has 0 heterocycles. The Labute approximate surface area is 94.2 Å². The van der Waals surface area contributed by atoms with Crippen LogP contribution in [-0.2, 0) is 10.0 Å². The van der Waals surface area contributed by atoms with E-state index in [9.17, 15) is 8.42 Å². The number of nitrogens with one attached hydrogen (secondary N) is 1. The van der Waals surface area contributed by atoms with E-state index < -0.39 is 10.0 Å². The molecule has 5 nitrogen and oxygen atoms in total. The number of nitrogen functional groups attached to an aromatic ring is 1. The van der Waals surface area contributed by atoms with Crippen molar-refractivity contribution in [2.75, 3.05) is 12.3 Å². The second kappa shape index (κ2) is 4.79. The van der Waals surface area contributed by atoms with E-state index >= 15 is 0 Å². The summed E-state index contributed by atoms with van der Waals surface area (Å²) in [4.78, 5) is -0.0339. The Morgan fingerprint density at radius 3 is 2.75 bits per heavy atom. The first-order valence-corrected chi connectivity index (χ1v) is 5.90. The third-order valence-electron chi connectivity index (χ3n) is 1.85. The van der Waals surface area contributed by atoms with Crippen LogP contribution in [0.1, 0.15) is 5.56 Å². The topological polar surface area (TPSA) is 96.0 Å². The highest BCUT2D eigenvalue weighted by molar-refractivity contribution is 7.89. The molecule has 0 saturated heterocycles. The molecule has 0 amide bonds. The molecule has 0 fully saturated rings. The fourth-order valence-corrected chi connectivity index (χ4v) is 2.22. The van der Waals surface area contributed by atoms with Crippen molar-refractivity contribution in [3.63, 3.8) is 0 Å². The third-order valence-corrected chi connectivity index (χ3v) is 3.34. The van der Waals surface area contributed by atoms with Gasteiger partial charge in [-0.1, -0.05) is 6.08 Å². The van der Waals surface area contributed by atoms with Crippen LogP contribution >= 0.6 is 0 Å². The van der Waals surface area contributed by atoms with Gasteiger partial charge in [0, 0.05) is 6.54 Å². The van der Waals surface area contributed by atoms with E-state index in [1.165, 1.54) is 24.3 Å². The van der Waals surface area contributed by atoms with E-state index in [-0.39, 0.29) is 17.1 Å². The number of hydrogen-bond acceptors (Lipinski definition) is 4. The van der Waals surface area contributed by atoms with Crippen molar-refractivity contribution in [2.24, 2.45) is 0 Å². The van der Waals surface area contributed by atoms with Crippen molar-refractivity contribution in [3.8, 4) is 6.07 Å². The molecule has 1 rings (SSSR count). The van der Waals surface area contributed by atoms with Gasteiger partial charge < -0.3 is 5.73 Å². The van der Waals surface area contributed by atoms with Crippen LogP contribution < -0.4 is 10.5 Å². The Balaban J connectivity index is 3.15. The standard InChI is InChI=1S/C10H11N3O2S/c1-2-5-13-16(14,15)10-4-3-8(7-11)6-9(10)12/h2-4,6,13H,1,5,12H2. The number of benzene rings is 1. The Kier molecular flexibility index (Phi) is 3.66. The minimum Gasteiger partial charge on any atom is -0.398 e. The SMILES string of the molecule is C=CCNS(=O)(=O)c1ccc(C#N)cc1N. The zero-order chi connectivity index (χ0) is 12.2. The van der Waals surface area contributed by atoms with Gasteiger partial charge in [0.1, 0.15) is 4.90 Å². The average molecular weight is 237 g/mol. The second-order valence-electron chi connectivity index (χ2n) is 3.00. The van der Waals surface area contributed by atoms with Crippen LogP contribution in [0.5, 0.6) is 0 Å².